The van der Waals surface area contributed by atoms with E-state index in [1.807, 2.05) is 24.3 Å². The summed E-state index contributed by atoms with van der Waals surface area (Å²) >= 11 is 0. The van der Waals surface area contributed by atoms with E-state index < -0.39 is 6.04 Å². The Morgan fingerprint density at radius 2 is 1.87 bits per heavy atom. The highest BCUT2D eigenvalue weighted by Crippen LogP contribution is 2.38. The average Bonchev–Trinajstić information content (AvgIpc) is 3.05. The Morgan fingerprint density at radius 1 is 1.13 bits per heavy atom. The number of para-hydroxylation sites is 1. The van der Waals surface area contributed by atoms with E-state index >= 15 is 0 Å². The van der Waals surface area contributed by atoms with Crippen LogP contribution in [0.2, 0.25) is 0 Å². The van der Waals surface area contributed by atoms with E-state index in [1.54, 1.807) is 35.2 Å². The fourth-order valence-electron chi connectivity index (χ4n) is 4.05. The molecular weight excluding hydrogens is 392 g/mol. The summed E-state index contributed by atoms with van der Waals surface area (Å²) in [4.78, 5) is 29.8. The summed E-state index contributed by atoms with van der Waals surface area (Å²) in [6.07, 6.45) is 2.51. The van der Waals surface area contributed by atoms with Gasteiger partial charge in [-0.1, -0.05) is 36.9 Å². The second kappa shape index (κ2) is 8.78. The minimum absolute atomic E-state index is 0.150. The molecule has 1 aliphatic rings. The first kappa shape index (κ1) is 20.9. The molecule has 3 aromatic rings. The lowest BCUT2D eigenvalue weighted by Gasteiger charge is -2.25. The quantitative estimate of drug-likeness (QED) is 0.570. The lowest BCUT2D eigenvalue weighted by atomic mass is 9.98. The van der Waals surface area contributed by atoms with Gasteiger partial charge in [0.15, 0.2) is 5.43 Å². The first-order valence-corrected chi connectivity index (χ1v) is 10.5. The molecule has 160 valence electrons. The number of carbonyl (C=O) groups excluding carboxylic acids is 1. The molecule has 1 N–H and O–H groups in total. The van der Waals surface area contributed by atoms with Crippen molar-refractivity contribution in [1.82, 2.24) is 4.90 Å². The van der Waals surface area contributed by atoms with E-state index in [0.717, 1.165) is 18.5 Å². The molecule has 6 heteroatoms. The van der Waals surface area contributed by atoms with Crippen molar-refractivity contribution in [1.29, 1.82) is 0 Å². The molecule has 1 aromatic heterocycles. The van der Waals surface area contributed by atoms with Crippen LogP contribution in [0.5, 0.6) is 5.75 Å². The second-order valence-corrected chi connectivity index (χ2v) is 8.05. The maximum Gasteiger partial charge on any atom is 0.290 e. The standard InChI is InChI=1S/C25H26N2O4/c1-4-16-30-18-12-10-17(11-13-18)22-21-23(28)19-8-5-6-9-20(19)31-24(21)25(29)27(22)15-7-14-26(2)3/h4-6,8-13,22H,1,7,14-16H2,2-3H3/p+1/t22-/m0/s1. The summed E-state index contributed by atoms with van der Waals surface area (Å²) in [5.74, 6) is 0.628. The van der Waals surface area contributed by atoms with E-state index in [1.165, 1.54) is 4.90 Å². The summed E-state index contributed by atoms with van der Waals surface area (Å²) in [5.41, 5.74) is 1.56. The fraction of sp³-hybridized carbons (Fsp3) is 0.280. The lowest BCUT2D eigenvalue weighted by Crippen LogP contribution is -3.05. The number of fused-ring (bicyclic) bond motifs is 2. The molecule has 1 atom stereocenters. The number of rotatable bonds is 8. The van der Waals surface area contributed by atoms with Crippen molar-refractivity contribution in [2.75, 3.05) is 33.8 Å². The molecule has 2 aromatic carbocycles. The molecule has 0 bridgehead atoms. The van der Waals surface area contributed by atoms with Gasteiger partial charge in [0, 0.05) is 13.0 Å². The number of nitrogens with zero attached hydrogens (tertiary/aromatic N) is 1. The van der Waals surface area contributed by atoms with Gasteiger partial charge in [0.05, 0.1) is 37.6 Å². The van der Waals surface area contributed by atoms with Crippen molar-refractivity contribution in [2.24, 2.45) is 0 Å². The maximum atomic E-state index is 13.4. The van der Waals surface area contributed by atoms with Crippen LogP contribution in [0.1, 0.15) is 34.1 Å². The Balaban J connectivity index is 1.79. The van der Waals surface area contributed by atoms with E-state index in [0.29, 0.717) is 35.4 Å². The molecule has 31 heavy (non-hydrogen) atoms. The van der Waals surface area contributed by atoms with E-state index in [9.17, 15) is 9.59 Å². The predicted molar refractivity (Wildman–Crippen MR) is 120 cm³/mol. The molecule has 0 unspecified atom stereocenters. The highest BCUT2D eigenvalue weighted by atomic mass is 16.5. The minimum Gasteiger partial charge on any atom is -0.490 e. The molecule has 1 amide bonds. The molecule has 0 aliphatic carbocycles. The zero-order valence-corrected chi connectivity index (χ0v) is 17.9. The molecular formula is C25H27N2O4+. The maximum absolute atomic E-state index is 13.4. The summed E-state index contributed by atoms with van der Waals surface area (Å²) in [7, 11) is 4.16. The molecule has 1 aliphatic heterocycles. The number of amides is 1. The first-order chi connectivity index (χ1) is 15.0. The average molecular weight is 420 g/mol. The number of hydrogen-bond donors (Lipinski definition) is 1. The van der Waals surface area contributed by atoms with Crippen molar-refractivity contribution in [2.45, 2.75) is 12.5 Å². The normalized spacial score (nSPS) is 15.5. The van der Waals surface area contributed by atoms with Gasteiger partial charge in [-0.05, 0) is 29.8 Å². The van der Waals surface area contributed by atoms with Gasteiger partial charge >= 0.3 is 0 Å². The summed E-state index contributed by atoms with van der Waals surface area (Å²) in [5, 5.41) is 0.490. The third kappa shape index (κ3) is 3.99. The summed E-state index contributed by atoms with van der Waals surface area (Å²) < 4.78 is 11.5. The van der Waals surface area contributed by atoms with Crippen LogP contribution >= 0.6 is 0 Å². The molecule has 0 radical (unpaired) electrons. The van der Waals surface area contributed by atoms with Crippen LogP contribution in [0.15, 0.2) is 70.4 Å². The highest BCUT2D eigenvalue weighted by Gasteiger charge is 2.42. The largest absolute Gasteiger partial charge is 0.490 e. The third-order valence-electron chi connectivity index (χ3n) is 5.51. The van der Waals surface area contributed by atoms with Gasteiger partial charge in [0.2, 0.25) is 5.76 Å². The molecule has 0 saturated carbocycles. The van der Waals surface area contributed by atoms with Gasteiger partial charge in [0.1, 0.15) is 17.9 Å². The second-order valence-electron chi connectivity index (χ2n) is 8.05. The predicted octanol–water partition coefficient (Wildman–Crippen LogP) is 2.44. The Labute approximate surface area is 181 Å². The first-order valence-electron chi connectivity index (χ1n) is 10.5. The molecule has 6 nitrogen and oxygen atoms in total. The van der Waals surface area contributed by atoms with Gasteiger partial charge in [-0.2, -0.15) is 0 Å². The smallest absolute Gasteiger partial charge is 0.290 e. The Hall–Kier alpha value is -3.38. The minimum atomic E-state index is -0.478. The van der Waals surface area contributed by atoms with Crippen LogP contribution < -0.4 is 15.1 Å². The van der Waals surface area contributed by atoms with Crippen molar-refractivity contribution < 1.29 is 18.8 Å². The molecule has 0 fully saturated rings. The van der Waals surface area contributed by atoms with E-state index in [2.05, 4.69) is 20.7 Å². The Kier molecular flexibility index (Phi) is 5.91. The van der Waals surface area contributed by atoms with Crippen LogP contribution in [-0.2, 0) is 0 Å². The van der Waals surface area contributed by atoms with Crippen molar-refractivity contribution in [3.8, 4) is 5.75 Å². The van der Waals surface area contributed by atoms with Crippen LogP contribution in [-0.4, -0.2) is 44.6 Å². The zero-order chi connectivity index (χ0) is 22.0. The molecule has 2 heterocycles. The Morgan fingerprint density at radius 3 is 2.58 bits per heavy atom. The van der Waals surface area contributed by atoms with Gasteiger partial charge < -0.3 is 19.0 Å². The van der Waals surface area contributed by atoms with Crippen molar-refractivity contribution in [3.05, 3.63) is 88.3 Å². The SMILES string of the molecule is C=CCOc1ccc([C@H]2c3c(oc4ccccc4c3=O)C(=O)N2CCC[NH+](C)C)cc1. The number of carbonyl (C=O) groups is 1. The van der Waals surface area contributed by atoms with Gasteiger partial charge in [-0.25, -0.2) is 0 Å². The van der Waals surface area contributed by atoms with Crippen LogP contribution in [0.3, 0.4) is 0 Å². The molecule has 0 spiro atoms. The molecule has 4 rings (SSSR count). The third-order valence-corrected chi connectivity index (χ3v) is 5.51. The number of nitrogens with one attached hydrogen (secondary N) is 1. The van der Waals surface area contributed by atoms with Crippen molar-refractivity contribution >= 4 is 16.9 Å². The van der Waals surface area contributed by atoms with Gasteiger partial charge in [0.25, 0.3) is 5.91 Å². The molecule has 0 saturated heterocycles. The van der Waals surface area contributed by atoms with Gasteiger partial charge in [-0.15, -0.1) is 0 Å². The number of benzene rings is 2. The van der Waals surface area contributed by atoms with E-state index in [4.69, 9.17) is 9.15 Å². The Bertz CT molecular complexity index is 1160. The van der Waals surface area contributed by atoms with E-state index in [-0.39, 0.29) is 17.1 Å². The van der Waals surface area contributed by atoms with Crippen LogP contribution in [0, 0.1) is 0 Å². The number of hydrogen-bond acceptors (Lipinski definition) is 4. The van der Waals surface area contributed by atoms with Crippen molar-refractivity contribution in [3.63, 3.8) is 0 Å². The zero-order valence-electron chi connectivity index (χ0n) is 17.9. The fourth-order valence-corrected chi connectivity index (χ4v) is 4.05. The number of ether oxygens (including phenoxy) is 1. The van der Waals surface area contributed by atoms with Crippen LogP contribution in [0.4, 0.5) is 0 Å². The topological polar surface area (TPSA) is 64.2 Å². The number of quaternary nitrogens is 1. The van der Waals surface area contributed by atoms with Gasteiger partial charge in [-0.3, -0.25) is 9.59 Å². The summed E-state index contributed by atoms with van der Waals surface area (Å²) in [6, 6.07) is 14.1. The monoisotopic (exact) mass is 419 g/mol. The summed E-state index contributed by atoms with van der Waals surface area (Å²) in [6.45, 7) is 5.54. The highest BCUT2D eigenvalue weighted by molar-refractivity contribution is 5.99. The lowest BCUT2D eigenvalue weighted by molar-refractivity contribution is -0.858. The van der Waals surface area contributed by atoms with Crippen LogP contribution in [0.25, 0.3) is 11.0 Å².